The fraction of sp³-hybridized carbons (Fsp3) is 0.500. The van der Waals surface area contributed by atoms with Crippen LogP contribution in [0.1, 0.15) is 24.8 Å². The predicted octanol–water partition coefficient (Wildman–Crippen LogP) is 3.08. The summed E-state index contributed by atoms with van der Waals surface area (Å²) in [5.74, 6) is -0.154. The lowest BCUT2D eigenvalue weighted by Gasteiger charge is -2.17. The first-order valence-corrected chi connectivity index (χ1v) is 6.33. The number of rotatable bonds is 5. The van der Waals surface area contributed by atoms with Gasteiger partial charge in [0.15, 0.2) is 11.5 Å². The van der Waals surface area contributed by atoms with Crippen LogP contribution in [0.25, 0.3) is 0 Å². The highest BCUT2D eigenvalue weighted by Crippen LogP contribution is 2.33. The van der Waals surface area contributed by atoms with Crippen molar-refractivity contribution in [3.63, 3.8) is 0 Å². The average Bonchev–Trinajstić information content (AvgIpc) is 2.92. The molecule has 108 valence electrons. The molecule has 1 heterocycles. The summed E-state index contributed by atoms with van der Waals surface area (Å²) < 4.78 is 40.0. The summed E-state index contributed by atoms with van der Waals surface area (Å²) >= 11 is 0. The molecule has 1 saturated heterocycles. The van der Waals surface area contributed by atoms with Gasteiger partial charge < -0.3 is 14.2 Å². The molecule has 0 aliphatic carbocycles. The van der Waals surface area contributed by atoms with Gasteiger partial charge in [-0.1, -0.05) is 6.07 Å². The van der Waals surface area contributed by atoms with Gasteiger partial charge in [-0.15, -0.1) is 0 Å². The smallest absolute Gasteiger partial charge is 0.387 e. The van der Waals surface area contributed by atoms with Crippen LogP contribution < -0.4 is 9.47 Å². The first kappa shape index (κ1) is 14.5. The van der Waals surface area contributed by atoms with E-state index < -0.39 is 6.61 Å². The maximum absolute atomic E-state index is 12.4. The summed E-state index contributed by atoms with van der Waals surface area (Å²) in [6.07, 6.45) is 0.522. The summed E-state index contributed by atoms with van der Waals surface area (Å²) in [6, 6.07) is 6.66. The number of nitriles is 1. The Morgan fingerprint density at radius 1 is 1.40 bits per heavy atom. The van der Waals surface area contributed by atoms with Gasteiger partial charge in [0, 0.05) is 6.42 Å². The first-order chi connectivity index (χ1) is 9.60. The number of halogens is 2. The monoisotopic (exact) mass is 283 g/mol. The van der Waals surface area contributed by atoms with Crippen molar-refractivity contribution in [3.8, 4) is 17.6 Å². The third kappa shape index (κ3) is 3.58. The highest BCUT2D eigenvalue weighted by Gasteiger charge is 2.21. The fourth-order valence-electron chi connectivity index (χ4n) is 1.94. The van der Waals surface area contributed by atoms with Gasteiger partial charge in [0.25, 0.3) is 0 Å². The highest BCUT2D eigenvalue weighted by atomic mass is 19.3. The molecular formula is C14H15F2NO3. The number of benzene rings is 1. The Labute approximate surface area is 115 Å². The quantitative estimate of drug-likeness (QED) is 0.833. The van der Waals surface area contributed by atoms with Crippen LogP contribution >= 0.6 is 0 Å². The van der Waals surface area contributed by atoms with Crippen molar-refractivity contribution in [2.24, 2.45) is 0 Å². The Hall–Kier alpha value is -1.87. The molecule has 0 amide bonds. The molecular weight excluding hydrogens is 268 g/mol. The molecule has 0 bridgehead atoms. The van der Waals surface area contributed by atoms with E-state index in [1.54, 1.807) is 19.1 Å². The summed E-state index contributed by atoms with van der Waals surface area (Å²) in [5, 5.41) is 8.92. The van der Waals surface area contributed by atoms with E-state index in [1.165, 1.54) is 6.07 Å². The molecule has 0 radical (unpaired) electrons. The second-order valence-electron chi connectivity index (χ2n) is 4.54. The molecule has 2 atom stereocenters. The van der Waals surface area contributed by atoms with Crippen LogP contribution in [0.3, 0.4) is 0 Å². The lowest BCUT2D eigenvalue weighted by Crippen LogP contribution is -2.17. The van der Waals surface area contributed by atoms with Crippen molar-refractivity contribution < 1.29 is 23.0 Å². The number of hydrogen-bond acceptors (Lipinski definition) is 4. The molecule has 2 unspecified atom stereocenters. The number of alkyl halides is 2. The third-order valence-electron chi connectivity index (χ3n) is 3.06. The molecule has 2 rings (SSSR count). The van der Waals surface area contributed by atoms with E-state index in [0.717, 1.165) is 0 Å². The Morgan fingerprint density at radius 3 is 2.80 bits per heavy atom. The summed E-state index contributed by atoms with van der Waals surface area (Å²) in [7, 11) is 0. The Balaban J connectivity index is 2.24. The van der Waals surface area contributed by atoms with Crippen LogP contribution in [0.5, 0.6) is 11.5 Å². The predicted molar refractivity (Wildman–Crippen MR) is 67.0 cm³/mol. The van der Waals surface area contributed by atoms with Crippen LogP contribution in [0.4, 0.5) is 8.78 Å². The lowest BCUT2D eigenvalue weighted by atomic mass is 10.0. The highest BCUT2D eigenvalue weighted by molar-refractivity contribution is 5.45. The summed E-state index contributed by atoms with van der Waals surface area (Å²) in [5.41, 5.74) is 0.697. The van der Waals surface area contributed by atoms with Gasteiger partial charge in [0.2, 0.25) is 0 Å². The van der Waals surface area contributed by atoms with Crippen molar-refractivity contribution in [2.45, 2.75) is 32.0 Å². The van der Waals surface area contributed by atoms with Crippen LogP contribution in [0, 0.1) is 11.3 Å². The van der Waals surface area contributed by atoms with Crippen molar-refractivity contribution >= 4 is 0 Å². The Kier molecular flexibility index (Phi) is 4.74. The van der Waals surface area contributed by atoms with E-state index in [2.05, 4.69) is 10.8 Å². The zero-order valence-corrected chi connectivity index (χ0v) is 11.0. The van der Waals surface area contributed by atoms with E-state index in [-0.39, 0.29) is 23.5 Å². The number of hydrogen-bond donors (Lipinski definition) is 0. The number of nitrogens with zero attached hydrogens (tertiary/aromatic N) is 1. The molecule has 0 spiro atoms. The van der Waals surface area contributed by atoms with Crippen LogP contribution in [-0.4, -0.2) is 25.9 Å². The van der Waals surface area contributed by atoms with Crippen molar-refractivity contribution in [2.75, 3.05) is 13.2 Å². The average molecular weight is 283 g/mol. The van der Waals surface area contributed by atoms with Gasteiger partial charge in [-0.2, -0.15) is 14.0 Å². The fourth-order valence-corrected chi connectivity index (χ4v) is 1.94. The molecule has 4 nitrogen and oxygen atoms in total. The standard InChI is InChI=1S/C14H15F2NO3/c1-9(7-17)10-2-3-12(20-14(15)16)13(6-10)19-11-4-5-18-8-11/h2-3,6,9,11,14H,4-5,8H2,1H3. The minimum absolute atomic E-state index is 0.0270. The molecule has 0 aromatic heterocycles. The molecule has 1 fully saturated rings. The topological polar surface area (TPSA) is 51.5 Å². The van der Waals surface area contributed by atoms with Gasteiger partial charge in [-0.3, -0.25) is 0 Å². The van der Waals surface area contributed by atoms with Crippen LogP contribution in [0.2, 0.25) is 0 Å². The van der Waals surface area contributed by atoms with Gasteiger partial charge in [0.1, 0.15) is 6.10 Å². The maximum Gasteiger partial charge on any atom is 0.387 e. The Morgan fingerprint density at radius 2 is 2.20 bits per heavy atom. The van der Waals surface area contributed by atoms with E-state index >= 15 is 0 Å². The van der Waals surface area contributed by atoms with Gasteiger partial charge in [0.05, 0.1) is 25.2 Å². The van der Waals surface area contributed by atoms with Crippen molar-refractivity contribution in [1.29, 1.82) is 5.26 Å². The minimum Gasteiger partial charge on any atom is -0.484 e. The van der Waals surface area contributed by atoms with Gasteiger partial charge in [-0.25, -0.2) is 0 Å². The molecule has 6 heteroatoms. The Bertz CT molecular complexity index is 496. The molecule has 1 aromatic carbocycles. The van der Waals surface area contributed by atoms with Crippen molar-refractivity contribution in [3.05, 3.63) is 23.8 Å². The summed E-state index contributed by atoms with van der Waals surface area (Å²) in [4.78, 5) is 0. The second-order valence-corrected chi connectivity index (χ2v) is 4.54. The molecule has 1 aromatic rings. The first-order valence-electron chi connectivity index (χ1n) is 6.33. The van der Waals surface area contributed by atoms with Crippen molar-refractivity contribution in [1.82, 2.24) is 0 Å². The molecule has 0 saturated carbocycles. The molecule has 20 heavy (non-hydrogen) atoms. The van der Waals surface area contributed by atoms with E-state index in [4.69, 9.17) is 14.7 Å². The molecule has 1 aliphatic rings. The third-order valence-corrected chi connectivity index (χ3v) is 3.06. The SMILES string of the molecule is CC(C#N)c1ccc(OC(F)F)c(OC2CCOC2)c1. The number of ether oxygens (including phenoxy) is 3. The van der Waals surface area contributed by atoms with E-state index in [0.29, 0.717) is 25.2 Å². The zero-order chi connectivity index (χ0) is 14.5. The summed E-state index contributed by atoms with van der Waals surface area (Å²) in [6.45, 7) is -0.182. The normalized spacial score (nSPS) is 19.6. The van der Waals surface area contributed by atoms with Gasteiger partial charge in [-0.05, 0) is 24.6 Å². The lowest BCUT2D eigenvalue weighted by molar-refractivity contribution is -0.0521. The van der Waals surface area contributed by atoms with E-state index in [1.807, 2.05) is 0 Å². The molecule has 1 aliphatic heterocycles. The minimum atomic E-state index is -2.92. The van der Waals surface area contributed by atoms with Gasteiger partial charge >= 0.3 is 6.61 Å². The molecule has 0 N–H and O–H groups in total. The zero-order valence-electron chi connectivity index (χ0n) is 11.0. The van der Waals surface area contributed by atoms with Crippen LogP contribution in [-0.2, 0) is 4.74 Å². The van der Waals surface area contributed by atoms with E-state index in [9.17, 15) is 8.78 Å². The second kappa shape index (κ2) is 6.53. The largest absolute Gasteiger partial charge is 0.484 e. The van der Waals surface area contributed by atoms with Crippen LogP contribution in [0.15, 0.2) is 18.2 Å². The maximum atomic E-state index is 12.4.